The maximum absolute atomic E-state index is 15.9. The van der Waals surface area contributed by atoms with Crippen molar-refractivity contribution in [3.8, 4) is 17.1 Å². The Kier molecular flexibility index (Phi) is 9.98. The number of nitrogens with zero attached hydrogens (tertiary/aromatic N) is 7. The van der Waals surface area contributed by atoms with Crippen LogP contribution in [0.3, 0.4) is 0 Å². The Balaban J connectivity index is 0.667. The number of nitrogens with one attached hydrogen (secondary N) is 2. The number of carbonyl (C=O) groups is 3. The molecule has 310 valence electrons. The van der Waals surface area contributed by atoms with Gasteiger partial charge in [-0.2, -0.15) is 5.10 Å². The predicted octanol–water partition coefficient (Wildman–Crippen LogP) is 5.22. The number of hydrogen-bond acceptors (Lipinski definition) is 11. The third-order valence-corrected chi connectivity index (χ3v) is 13.6. The molecule has 6 heterocycles. The van der Waals surface area contributed by atoms with E-state index in [1.54, 1.807) is 18.5 Å². The second-order valence-electron chi connectivity index (χ2n) is 17.7. The van der Waals surface area contributed by atoms with Gasteiger partial charge >= 0.3 is 0 Å². The molecule has 2 N–H and O–H groups in total. The summed E-state index contributed by atoms with van der Waals surface area (Å²) in [4.78, 5) is 54.9. The van der Waals surface area contributed by atoms with E-state index in [0.29, 0.717) is 35.8 Å². The summed E-state index contributed by atoms with van der Waals surface area (Å²) in [5, 5.41) is 11.0. The van der Waals surface area contributed by atoms with Gasteiger partial charge in [0, 0.05) is 74.8 Å². The Labute approximate surface area is 342 Å². The van der Waals surface area contributed by atoms with Crippen molar-refractivity contribution in [2.24, 2.45) is 5.92 Å². The smallest absolute Gasteiger partial charge is 0.255 e. The minimum absolute atomic E-state index is 0.0327. The fraction of sp³-hybridized carbons (Fsp3) is 0.545. The van der Waals surface area contributed by atoms with Crippen LogP contribution in [0.25, 0.3) is 22.3 Å². The molecule has 2 aromatic carbocycles. The van der Waals surface area contributed by atoms with Crippen LogP contribution in [0.15, 0.2) is 42.7 Å². The zero-order valence-corrected chi connectivity index (χ0v) is 33.6. The maximum atomic E-state index is 15.9. The van der Waals surface area contributed by atoms with Gasteiger partial charge in [0.2, 0.25) is 11.8 Å². The molecule has 0 bridgehead atoms. The van der Waals surface area contributed by atoms with Crippen LogP contribution >= 0.6 is 0 Å². The van der Waals surface area contributed by atoms with E-state index in [0.717, 1.165) is 118 Å². The molecule has 2 aromatic heterocycles. The van der Waals surface area contributed by atoms with Gasteiger partial charge < -0.3 is 24.2 Å². The van der Waals surface area contributed by atoms with Crippen molar-refractivity contribution >= 4 is 40.1 Å². The lowest BCUT2D eigenvalue weighted by atomic mass is 9.86. The first-order valence-electron chi connectivity index (χ1n) is 21.5. The number of hydrogen-bond donors (Lipinski definition) is 2. The van der Waals surface area contributed by atoms with Gasteiger partial charge in [-0.05, 0) is 101 Å². The number of piperidine rings is 2. The molecule has 2 saturated carbocycles. The predicted molar refractivity (Wildman–Crippen MR) is 219 cm³/mol. The zero-order valence-electron chi connectivity index (χ0n) is 33.6. The van der Waals surface area contributed by atoms with Gasteiger partial charge in [-0.25, -0.2) is 14.4 Å². The number of anilines is 2. The highest BCUT2D eigenvalue weighted by molar-refractivity contribution is 6.05. The van der Waals surface area contributed by atoms with Gasteiger partial charge in [-0.15, -0.1) is 0 Å². The molecule has 5 fully saturated rings. The van der Waals surface area contributed by atoms with Gasteiger partial charge in [0.25, 0.3) is 5.91 Å². The normalized spacial score (nSPS) is 25.1. The summed E-state index contributed by atoms with van der Waals surface area (Å²) in [7, 11) is 0. The minimum atomic E-state index is -0.762. The topological polar surface area (TPSA) is 149 Å². The average molecular weight is 806 g/mol. The van der Waals surface area contributed by atoms with Crippen LogP contribution in [0.5, 0.6) is 5.75 Å². The van der Waals surface area contributed by atoms with Crippen molar-refractivity contribution in [1.82, 2.24) is 35.3 Å². The molecule has 3 amide bonds. The number of imide groups is 1. The van der Waals surface area contributed by atoms with Crippen LogP contribution in [0, 0.1) is 11.7 Å². The Morgan fingerprint density at radius 2 is 1.64 bits per heavy atom. The first-order valence-corrected chi connectivity index (χ1v) is 21.5. The van der Waals surface area contributed by atoms with Crippen LogP contribution in [0.4, 0.5) is 15.9 Å². The number of fused-ring (bicyclic) bond motifs is 2. The molecule has 59 heavy (non-hydrogen) atoms. The van der Waals surface area contributed by atoms with Crippen molar-refractivity contribution in [2.75, 3.05) is 55.6 Å². The lowest BCUT2D eigenvalue weighted by molar-refractivity contribution is -0.136. The summed E-state index contributed by atoms with van der Waals surface area (Å²) in [6.07, 6.45) is 10.8. The van der Waals surface area contributed by atoms with Crippen LogP contribution in [-0.2, 0) is 20.9 Å². The maximum Gasteiger partial charge on any atom is 0.255 e. The third kappa shape index (κ3) is 7.74. The molecular formula is C44H52FN9O5. The number of H-pyrrole nitrogens is 1. The highest BCUT2D eigenvalue weighted by Gasteiger charge is 2.42. The Hall–Kier alpha value is -5.15. The van der Waals surface area contributed by atoms with Crippen molar-refractivity contribution in [3.63, 3.8) is 0 Å². The van der Waals surface area contributed by atoms with Crippen LogP contribution in [0.1, 0.15) is 87.1 Å². The number of aromatic nitrogens is 4. The van der Waals surface area contributed by atoms with E-state index < -0.39 is 17.8 Å². The second-order valence-corrected chi connectivity index (χ2v) is 17.7. The number of carbonyl (C=O) groups excluding carboxylic acids is 3. The summed E-state index contributed by atoms with van der Waals surface area (Å²) in [5.41, 5.74) is 3.67. The molecule has 14 nitrogen and oxygen atoms in total. The number of benzene rings is 2. The molecule has 1 atom stereocenters. The summed E-state index contributed by atoms with van der Waals surface area (Å²) in [5.74, 6) is 0.873. The number of piperazine rings is 1. The van der Waals surface area contributed by atoms with Gasteiger partial charge in [0.1, 0.15) is 29.5 Å². The highest BCUT2D eigenvalue weighted by atomic mass is 19.1. The number of aromatic amines is 1. The van der Waals surface area contributed by atoms with Gasteiger partial charge in [-0.3, -0.25) is 29.7 Å². The lowest BCUT2D eigenvalue weighted by Crippen LogP contribution is -2.52. The Morgan fingerprint density at radius 1 is 0.864 bits per heavy atom. The third-order valence-electron chi connectivity index (χ3n) is 13.6. The molecule has 0 radical (unpaired) electrons. The fourth-order valence-corrected chi connectivity index (χ4v) is 9.78. The molecule has 2 aliphatic carbocycles. The van der Waals surface area contributed by atoms with E-state index in [4.69, 9.17) is 9.47 Å². The van der Waals surface area contributed by atoms with Crippen LogP contribution < -0.4 is 19.9 Å². The van der Waals surface area contributed by atoms with Crippen LogP contribution in [-0.4, -0.2) is 117 Å². The molecule has 0 spiro atoms. The standard InChI is InChI=1S/C44H52FN9O5/c1-44(14-15-44)59-30-6-8-34-32(22-30)41(50-49-34)35-23-38(47-26-46-35)53-20-18-51(19-21-53)24-27-2-4-28(5-3-27)58-29-12-16-52(17-13-29)36-9-7-31-33(40(36)45)25-54(43(31)57)37-10-11-39(55)48-42(37)56/h6-9,22-23,26-29,37H,2-5,10-21,24-25H2,1H3,(H,49,50)(H,48,55,56)/t27-,28-,37?. The highest BCUT2D eigenvalue weighted by Crippen LogP contribution is 2.41. The molecular weight excluding hydrogens is 754 g/mol. The quantitative estimate of drug-likeness (QED) is 0.204. The van der Waals surface area contributed by atoms with Gasteiger partial charge in [0.05, 0.1) is 41.3 Å². The monoisotopic (exact) mass is 805 g/mol. The van der Waals surface area contributed by atoms with Crippen LogP contribution in [0.2, 0.25) is 0 Å². The summed E-state index contributed by atoms with van der Waals surface area (Å²) in [6, 6.07) is 10.7. The van der Waals surface area contributed by atoms with Gasteiger partial charge in [-0.1, -0.05) is 0 Å². The molecule has 15 heteroatoms. The molecule has 1 unspecified atom stereocenters. The largest absolute Gasteiger partial charge is 0.488 e. The van der Waals surface area contributed by atoms with Crippen molar-refractivity contribution in [2.45, 2.75) is 102 Å². The van der Waals surface area contributed by atoms with Crippen molar-refractivity contribution < 1.29 is 28.2 Å². The molecule has 4 aliphatic heterocycles. The van der Waals surface area contributed by atoms with E-state index in [1.165, 1.54) is 4.90 Å². The first kappa shape index (κ1) is 38.1. The lowest BCUT2D eigenvalue weighted by Gasteiger charge is -2.39. The Bertz CT molecular complexity index is 2260. The summed E-state index contributed by atoms with van der Waals surface area (Å²) >= 11 is 0. The number of amides is 3. The van der Waals surface area contributed by atoms with E-state index in [2.05, 4.69) is 59.2 Å². The van der Waals surface area contributed by atoms with E-state index in [-0.39, 0.29) is 49.0 Å². The van der Waals surface area contributed by atoms with Gasteiger partial charge in [0.15, 0.2) is 5.82 Å². The minimum Gasteiger partial charge on any atom is -0.488 e. The number of rotatable bonds is 10. The summed E-state index contributed by atoms with van der Waals surface area (Å²) < 4.78 is 28.8. The second kappa shape index (κ2) is 15.5. The van der Waals surface area contributed by atoms with E-state index in [1.807, 2.05) is 12.1 Å². The Morgan fingerprint density at radius 3 is 2.41 bits per heavy atom. The zero-order chi connectivity index (χ0) is 40.3. The van der Waals surface area contributed by atoms with Crippen molar-refractivity contribution in [1.29, 1.82) is 0 Å². The first-order chi connectivity index (χ1) is 28.7. The van der Waals surface area contributed by atoms with Crippen molar-refractivity contribution in [3.05, 3.63) is 59.7 Å². The van der Waals surface area contributed by atoms with E-state index >= 15 is 4.39 Å². The van der Waals surface area contributed by atoms with E-state index in [9.17, 15) is 14.4 Å². The molecule has 4 aromatic rings. The number of ether oxygens (including phenoxy) is 2. The molecule has 3 saturated heterocycles. The average Bonchev–Trinajstić information content (AvgIpc) is 3.66. The number of halogens is 1. The summed E-state index contributed by atoms with van der Waals surface area (Å²) in [6.45, 7) is 8.49. The molecule has 6 aliphatic rings. The SMILES string of the molecule is CC1(Oc2ccc3n[nH]c(-c4cc(N5CCN(C[C@H]6CC[C@H](OC7CCN(c8ccc9c(c8F)CN(C8CCC(=O)NC8=O)C9=O)CC7)CC6)CC5)ncn4)c3c2)CC1. The fourth-order valence-electron chi connectivity index (χ4n) is 9.78. The molecule has 10 rings (SSSR count).